The summed E-state index contributed by atoms with van der Waals surface area (Å²) in [6.07, 6.45) is 38.5. The highest BCUT2D eigenvalue weighted by molar-refractivity contribution is 7.80. The van der Waals surface area contributed by atoms with E-state index in [1.807, 2.05) is 0 Å². The normalized spacial score (nSPS) is 12.9. The molecule has 1 unspecified atom stereocenters. The van der Waals surface area contributed by atoms with E-state index in [0.717, 1.165) is 64.2 Å². The molecule has 0 aliphatic carbocycles. The second-order valence-corrected chi connectivity index (χ2v) is 15.1. The minimum Gasteiger partial charge on any atom is -0.396 e. The maximum absolute atomic E-state index is 13.2. The zero-order chi connectivity index (χ0) is 36.3. The van der Waals surface area contributed by atoms with E-state index in [1.165, 1.54) is 89.9 Å². The molecule has 0 saturated carbocycles. The summed E-state index contributed by atoms with van der Waals surface area (Å²) in [5, 5.41) is 9.39. The lowest BCUT2D eigenvalue weighted by Crippen LogP contribution is -2.31. The Morgan fingerprint density at radius 3 is 1.20 bits per heavy atom. The number of Topliss-reactive ketones (excluding diaryl/α,β-unsaturated/α-hetero) is 2. The van der Waals surface area contributed by atoms with Crippen molar-refractivity contribution >= 4 is 22.0 Å². The van der Waals surface area contributed by atoms with Crippen LogP contribution in [-0.4, -0.2) is 42.4 Å². The maximum atomic E-state index is 13.2. The van der Waals surface area contributed by atoms with E-state index in [9.17, 15) is 27.7 Å². The Hall–Kier alpha value is -1.35. The third-order valence-corrected chi connectivity index (χ3v) is 9.87. The molecule has 0 aromatic rings. The van der Waals surface area contributed by atoms with E-state index in [1.54, 1.807) is 0 Å². The largest absolute Gasteiger partial charge is 0.397 e. The van der Waals surface area contributed by atoms with Crippen LogP contribution in [0.25, 0.3) is 0 Å². The predicted octanol–water partition coefficient (Wildman–Crippen LogP) is 11.8. The van der Waals surface area contributed by atoms with Crippen LogP contribution in [0.4, 0.5) is 0 Å². The van der Waals surface area contributed by atoms with Gasteiger partial charge < -0.3 is 5.11 Å². The van der Waals surface area contributed by atoms with E-state index in [4.69, 9.17) is 4.18 Å². The van der Waals surface area contributed by atoms with Gasteiger partial charge >= 0.3 is 10.4 Å². The van der Waals surface area contributed by atoms with Gasteiger partial charge in [0.2, 0.25) is 0 Å². The maximum Gasteiger partial charge on any atom is 0.397 e. The number of unbranched alkanes of at least 4 members (excludes halogenated alkanes) is 22. The summed E-state index contributed by atoms with van der Waals surface area (Å²) >= 11 is 0. The van der Waals surface area contributed by atoms with Gasteiger partial charge in [-0.1, -0.05) is 141 Å². The van der Waals surface area contributed by atoms with E-state index >= 15 is 0 Å². The summed E-state index contributed by atoms with van der Waals surface area (Å²) in [7, 11) is -4.77. The number of aliphatic hydroxyl groups excluding tert-OH is 1. The minimum absolute atomic E-state index is 0.0857. The molecule has 0 rings (SSSR count). The lowest BCUT2D eigenvalue weighted by molar-refractivity contribution is -0.134. The minimum atomic E-state index is -4.77. The van der Waals surface area contributed by atoms with Crippen molar-refractivity contribution < 1.29 is 31.8 Å². The van der Waals surface area contributed by atoms with Crippen molar-refractivity contribution in [2.75, 3.05) is 6.61 Å². The molecule has 0 aromatic heterocycles. The van der Waals surface area contributed by atoms with Gasteiger partial charge in [-0.15, -0.1) is 0 Å². The Labute approximate surface area is 302 Å². The fourth-order valence-electron chi connectivity index (χ4n) is 6.31. The molecule has 0 fully saturated rings. The molecule has 0 aliphatic rings. The quantitative estimate of drug-likeness (QED) is 0.0283. The van der Waals surface area contributed by atoms with E-state index in [-0.39, 0.29) is 43.9 Å². The number of carbonyl (C=O) groups excluding carboxylic acids is 2. The van der Waals surface area contributed by atoms with Crippen LogP contribution in [0, 0.1) is 5.92 Å². The van der Waals surface area contributed by atoms with Gasteiger partial charge in [0.05, 0.1) is 12.0 Å². The molecular formula is C41H76O7S. The fraction of sp³-hybridized carbons (Fsp3) is 0.854. The molecule has 8 heteroatoms. The third-order valence-electron chi connectivity index (χ3n) is 9.35. The van der Waals surface area contributed by atoms with Crippen LogP contribution in [0.1, 0.15) is 206 Å². The Morgan fingerprint density at radius 1 is 0.551 bits per heavy atom. The van der Waals surface area contributed by atoms with Gasteiger partial charge in [-0.25, -0.2) is 4.18 Å². The number of ketones is 2. The van der Waals surface area contributed by atoms with Crippen LogP contribution in [0.2, 0.25) is 0 Å². The summed E-state index contributed by atoms with van der Waals surface area (Å²) in [6.45, 7) is 4.11. The van der Waals surface area contributed by atoms with Gasteiger partial charge in [0, 0.05) is 19.4 Å². The average molecular weight is 713 g/mol. The topological polar surface area (TPSA) is 118 Å². The van der Waals surface area contributed by atoms with Crippen molar-refractivity contribution in [1.29, 1.82) is 0 Å². The zero-order valence-electron chi connectivity index (χ0n) is 31.7. The second kappa shape index (κ2) is 35.1. The Morgan fingerprint density at radius 2 is 0.878 bits per heavy atom. The molecule has 0 aromatic carbocycles. The molecule has 2 N–H and O–H groups in total. The number of hydrogen-bond acceptors (Lipinski definition) is 6. The van der Waals surface area contributed by atoms with Gasteiger partial charge in [-0.3, -0.25) is 14.1 Å². The van der Waals surface area contributed by atoms with Crippen molar-refractivity contribution in [2.24, 2.45) is 5.92 Å². The first-order chi connectivity index (χ1) is 23.7. The smallest absolute Gasteiger partial charge is 0.396 e. The van der Waals surface area contributed by atoms with Crippen LogP contribution >= 0.6 is 0 Å². The molecule has 1 atom stereocenters. The Balaban J connectivity index is 4.44. The number of carbonyl (C=O) groups is 2. The highest BCUT2D eigenvalue weighted by Gasteiger charge is 2.30. The molecule has 0 bridgehead atoms. The number of hydrogen-bond donors (Lipinski definition) is 2. The highest BCUT2D eigenvalue weighted by atomic mass is 32.3. The van der Waals surface area contributed by atoms with Gasteiger partial charge in [-0.2, -0.15) is 8.42 Å². The zero-order valence-corrected chi connectivity index (χ0v) is 32.5. The summed E-state index contributed by atoms with van der Waals surface area (Å²) in [6, 6.07) is 0. The van der Waals surface area contributed by atoms with Crippen LogP contribution in [0.5, 0.6) is 0 Å². The van der Waals surface area contributed by atoms with Gasteiger partial charge in [0.15, 0.2) is 0 Å². The van der Waals surface area contributed by atoms with Crippen molar-refractivity contribution in [3.8, 4) is 0 Å². The first-order valence-electron chi connectivity index (χ1n) is 20.4. The monoisotopic (exact) mass is 713 g/mol. The standard InChI is InChI=1S/C41H76O7S/c1-3-5-7-9-11-13-15-17-19-21-23-25-27-29-31-33-40(43)39(37-38(35-36-42)48-49(45,46)47)41(44)34-32-30-28-26-24-22-20-18-16-14-12-10-8-6-4-2/h17-20,38-39,42H,3-16,21-37H2,1-2H3,(H,45,46,47)/b19-17-,20-18-. The molecule has 288 valence electrons. The van der Waals surface area contributed by atoms with Crippen LogP contribution in [0.15, 0.2) is 24.3 Å². The molecule has 0 spiro atoms. The highest BCUT2D eigenvalue weighted by Crippen LogP contribution is 2.22. The van der Waals surface area contributed by atoms with Gasteiger partial charge in [-0.05, 0) is 77.0 Å². The molecule has 0 saturated heterocycles. The van der Waals surface area contributed by atoms with Gasteiger partial charge in [0.1, 0.15) is 11.6 Å². The molecule has 7 nitrogen and oxygen atoms in total. The van der Waals surface area contributed by atoms with E-state index < -0.39 is 22.4 Å². The first kappa shape index (κ1) is 47.7. The summed E-state index contributed by atoms with van der Waals surface area (Å²) < 4.78 is 36.7. The lowest BCUT2D eigenvalue weighted by Gasteiger charge is -2.21. The summed E-state index contributed by atoms with van der Waals surface area (Å²) in [5.41, 5.74) is 0. The van der Waals surface area contributed by atoms with Crippen LogP contribution in [0.3, 0.4) is 0 Å². The van der Waals surface area contributed by atoms with Crippen molar-refractivity contribution in [3.63, 3.8) is 0 Å². The summed E-state index contributed by atoms with van der Waals surface area (Å²) in [5.74, 6) is -1.37. The molecule has 0 aliphatic heterocycles. The molecule has 0 radical (unpaired) electrons. The Bertz CT molecular complexity index is 876. The van der Waals surface area contributed by atoms with Gasteiger partial charge in [0.25, 0.3) is 0 Å². The number of allylic oxidation sites excluding steroid dienone is 4. The Kier molecular flexibility index (Phi) is 34.1. The van der Waals surface area contributed by atoms with Crippen LogP contribution in [-0.2, 0) is 24.2 Å². The molecule has 49 heavy (non-hydrogen) atoms. The van der Waals surface area contributed by atoms with Crippen LogP contribution < -0.4 is 0 Å². The summed E-state index contributed by atoms with van der Waals surface area (Å²) in [4.78, 5) is 26.4. The fourth-order valence-corrected chi connectivity index (χ4v) is 6.83. The van der Waals surface area contributed by atoms with E-state index in [0.29, 0.717) is 12.8 Å². The second-order valence-electron chi connectivity index (χ2n) is 14.0. The van der Waals surface area contributed by atoms with Crippen molar-refractivity contribution in [1.82, 2.24) is 0 Å². The number of rotatable bonds is 38. The average Bonchev–Trinajstić information content (AvgIpc) is 3.06. The molecule has 0 amide bonds. The molecular weight excluding hydrogens is 637 g/mol. The predicted molar refractivity (Wildman–Crippen MR) is 205 cm³/mol. The van der Waals surface area contributed by atoms with Crippen molar-refractivity contribution in [3.05, 3.63) is 24.3 Å². The number of aliphatic hydroxyl groups is 1. The van der Waals surface area contributed by atoms with Crippen molar-refractivity contribution in [2.45, 2.75) is 213 Å². The SMILES string of the molecule is CCCCCCCC/C=C\CCCCCCCC(=O)C(CC(CCO)OS(=O)(=O)O)C(=O)CCCCCCC/C=C\CCCCCCCC. The third kappa shape index (κ3) is 33.6. The molecule has 0 heterocycles. The van der Waals surface area contributed by atoms with E-state index in [2.05, 4.69) is 38.2 Å². The first-order valence-corrected chi connectivity index (χ1v) is 21.7. The lowest BCUT2D eigenvalue weighted by atomic mass is 9.86.